The number of benzene rings is 2. The Morgan fingerprint density at radius 2 is 1.76 bits per heavy atom. The quantitative estimate of drug-likeness (QED) is 0.471. The van der Waals surface area contributed by atoms with Crippen molar-refractivity contribution in [2.24, 2.45) is 0 Å². The van der Waals surface area contributed by atoms with Crippen LogP contribution in [-0.4, -0.2) is 54.0 Å². The standard InChI is InChI=1S/C27H32BrN3O5S/c1-19(26(33)29-22-8-3-2-4-9-22)30(18-20-13-15-21(28)16-14-20)25(32)12-7-17-31-27(34)23-10-5-6-11-24(23)37(31,35)36/h5-6,10-11,13-16,19,22H,2-4,7-9,12,17-18H2,1H3,(H,29,33)/t19-/m1/s1. The van der Waals surface area contributed by atoms with Crippen molar-refractivity contribution in [1.29, 1.82) is 0 Å². The summed E-state index contributed by atoms with van der Waals surface area (Å²) in [6.07, 6.45) is 5.40. The molecule has 2 aromatic rings. The van der Waals surface area contributed by atoms with Gasteiger partial charge in [-0.05, 0) is 56.0 Å². The van der Waals surface area contributed by atoms with Gasteiger partial charge >= 0.3 is 0 Å². The van der Waals surface area contributed by atoms with Crippen LogP contribution in [0.3, 0.4) is 0 Å². The van der Waals surface area contributed by atoms with Crippen LogP contribution in [0, 0.1) is 0 Å². The van der Waals surface area contributed by atoms with Crippen LogP contribution >= 0.6 is 15.9 Å². The number of hydrogen-bond donors (Lipinski definition) is 1. The first-order chi connectivity index (χ1) is 17.7. The van der Waals surface area contributed by atoms with Gasteiger partial charge in [0.25, 0.3) is 15.9 Å². The lowest BCUT2D eigenvalue weighted by atomic mass is 9.95. The van der Waals surface area contributed by atoms with E-state index < -0.39 is 22.0 Å². The second kappa shape index (κ2) is 11.8. The van der Waals surface area contributed by atoms with Gasteiger partial charge < -0.3 is 10.2 Å². The summed E-state index contributed by atoms with van der Waals surface area (Å²) in [6, 6.07) is 13.1. The molecule has 0 aromatic heterocycles. The van der Waals surface area contributed by atoms with Crippen molar-refractivity contribution in [3.05, 3.63) is 64.1 Å². The Morgan fingerprint density at radius 1 is 1.08 bits per heavy atom. The summed E-state index contributed by atoms with van der Waals surface area (Å²) in [5, 5.41) is 3.10. The largest absolute Gasteiger partial charge is 0.352 e. The van der Waals surface area contributed by atoms with Crippen molar-refractivity contribution in [3.8, 4) is 0 Å². The van der Waals surface area contributed by atoms with Gasteiger partial charge in [-0.15, -0.1) is 0 Å². The first-order valence-electron chi connectivity index (χ1n) is 12.7. The molecule has 1 heterocycles. The van der Waals surface area contributed by atoms with Gasteiger partial charge in [0, 0.05) is 30.0 Å². The molecule has 10 heteroatoms. The lowest BCUT2D eigenvalue weighted by molar-refractivity contribution is -0.141. The molecule has 1 N–H and O–H groups in total. The third kappa shape index (κ3) is 6.23. The SMILES string of the molecule is C[C@H](C(=O)NC1CCCCC1)N(Cc1ccc(Br)cc1)C(=O)CCCN1C(=O)c2ccccc2S1(=O)=O. The fraction of sp³-hybridized carbons (Fsp3) is 0.444. The number of carbonyl (C=O) groups is 3. The summed E-state index contributed by atoms with van der Waals surface area (Å²) in [5.41, 5.74) is 1.03. The molecular formula is C27H32BrN3O5S. The Labute approximate surface area is 226 Å². The molecule has 8 nitrogen and oxygen atoms in total. The zero-order valence-electron chi connectivity index (χ0n) is 20.9. The molecule has 1 saturated carbocycles. The molecule has 2 aromatic carbocycles. The molecule has 1 aliphatic heterocycles. The topological polar surface area (TPSA) is 104 Å². The molecule has 198 valence electrons. The van der Waals surface area contributed by atoms with Crippen molar-refractivity contribution in [1.82, 2.24) is 14.5 Å². The van der Waals surface area contributed by atoms with Crippen LogP contribution < -0.4 is 5.32 Å². The minimum absolute atomic E-state index is 0.00352. The van der Waals surface area contributed by atoms with Gasteiger partial charge in [-0.3, -0.25) is 14.4 Å². The highest BCUT2D eigenvalue weighted by atomic mass is 79.9. The highest BCUT2D eigenvalue weighted by Crippen LogP contribution is 2.30. The van der Waals surface area contributed by atoms with Gasteiger partial charge in [-0.25, -0.2) is 12.7 Å². The Balaban J connectivity index is 1.43. The van der Waals surface area contributed by atoms with Gasteiger partial charge in [0.15, 0.2) is 0 Å². The number of carbonyl (C=O) groups excluding carboxylic acids is 3. The van der Waals surface area contributed by atoms with Crippen molar-refractivity contribution in [2.75, 3.05) is 6.54 Å². The fourth-order valence-corrected chi connectivity index (χ4v) is 6.78. The number of sulfonamides is 1. The third-order valence-electron chi connectivity index (χ3n) is 7.05. The van der Waals surface area contributed by atoms with Crippen LogP contribution in [0.25, 0.3) is 0 Å². The average Bonchev–Trinajstić information content (AvgIpc) is 3.09. The first kappa shape index (κ1) is 27.3. The number of hydrogen-bond acceptors (Lipinski definition) is 5. The van der Waals surface area contributed by atoms with Crippen LogP contribution in [0.2, 0.25) is 0 Å². The van der Waals surface area contributed by atoms with E-state index in [1.807, 2.05) is 24.3 Å². The van der Waals surface area contributed by atoms with Crippen LogP contribution in [0.15, 0.2) is 57.9 Å². The first-order valence-corrected chi connectivity index (χ1v) is 14.9. The summed E-state index contributed by atoms with van der Waals surface area (Å²) in [4.78, 5) is 40.7. The molecule has 37 heavy (non-hydrogen) atoms. The van der Waals surface area contributed by atoms with Gasteiger partial charge in [-0.1, -0.05) is 59.5 Å². The molecule has 0 radical (unpaired) electrons. The van der Waals surface area contributed by atoms with E-state index in [-0.39, 0.29) is 54.2 Å². The average molecular weight is 591 g/mol. The fourth-order valence-electron chi connectivity index (χ4n) is 4.91. The monoisotopic (exact) mass is 589 g/mol. The lowest BCUT2D eigenvalue weighted by Crippen LogP contribution is -2.50. The van der Waals surface area contributed by atoms with E-state index >= 15 is 0 Å². The Bertz CT molecular complexity index is 1260. The minimum Gasteiger partial charge on any atom is -0.352 e. The van der Waals surface area contributed by atoms with Gasteiger partial charge in [0.2, 0.25) is 11.8 Å². The molecule has 1 aliphatic carbocycles. The highest BCUT2D eigenvalue weighted by Gasteiger charge is 2.40. The van der Waals surface area contributed by atoms with Crippen LogP contribution in [0.1, 0.15) is 67.8 Å². The molecule has 1 atom stereocenters. The second-order valence-electron chi connectivity index (χ2n) is 9.65. The van der Waals surface area contributed by atoms with E-state index in [2.05, 4.69) is 21.2 Å². The molecule has 0 saturated heterocycles. The van der Waals surface area contributed by atoms with E-state index in [1.54, 1.807) is 19.1 Å². The number of fused-ring (bicyclic) bond motifs is 1. The molecule has 0 bridgehead atoms. The molecular weight excluding hydrogens is 558 g/mol. The molecule has 3 amide bonds. The van der Waals surface area contributed by atoms with Gasteiger partial charge in [0.05, 0.1) is 5.56 Å². The zero-order chi connectivity index (χ0) is 26.6. The molecule has 1 fully saturated rings. The Hall–Kier alpha value is -2.72. The van der Waals surface area contributed by atoms with E-state index in [0.717, 1.165) is 40.0 Å². The normalized spacial score (nSPS) is 17.8. The second-order valence-corrected chi connectivity index (χ2v) is 12.4. The van der Waals surface area contributed by atoms with Crippen LogP contribution in [0.4, 0.5) is 0 Å². The predicted molar refractivity (Wildman–Crippen MR) is 143 cm³/mol. The summed E-state index contributed by atoms with van der Waals surface area (Å²) >= 11 is 3.41. The lowest BCUT2D eigenvalue weighted by Gasteiger charge is -2.31. The van der Waals surface area contributed by atoms with Crippen LogP contribution in [0.5, 0.6) is 0 Å². The van der Waals surface area contributed by atoms with E-state index in [4.69, 9.17) is 0 Å². The predicted octanol–water partition coefficient (Wildman–Crippen LogP) is 4.24. The van der Waals surface area contributed by atoms with E-state index in [1.165, 1.54) is 23.5 Å². The maximum Gasteiger partial charge on any atom is 0.269 e. The number of halogens is 1. The number of nitrogens with one attached hydrogen (secondary N) is 1. The molecule has 0 spiro atoms. The Kier molecular flexibility index (Phi) is 8.69. The smallest absolute Gasteiger partial charge is 0.269 e. The summed E-state index contributed by atoms with van der Waals surface area (Å²) < 4.78 is 27.4. The van der Waals surface area contributed by atoms with Crippen LogP contribution in [-0.2, 0) is 26.2 Å². The maximum atomic E-state index is 13.4. The zero-order valence-corrected chi connectivity index (χ0v) is 23.3. The Morgan fingerprint density at radius 3 is 2.43 bits per heavy atom. The number of nitrogens with zero attached hydrogens (tertiary/aromatic N) is 2. The summed E-state index contributed by atoms with van der Waals surface area (Å²) in [7, 11) is -3.92. The van der Waals surface area contributed by atoms with Gasteiger partial charge in [0.1, 0.15) is 10.9 Å². The van der Waals surface area contributed by atoms with E-state index in [9.17, 15) is 22.8 Å². The van der Waals surface area contributed by atoms with Crippen molar-refractivity contribution < 1.29 is 22.8 Å². The number of amides is 3. The minimum atomic E-state index is -3.92. The molecule has 2 aliphatic rings. The number of rotatable bonds is 9. The van der Waals surface area contributed by atoms with Crippen molar-refractivity contribution in [3.63, 3.8) is 0 Å². The molecule has 4 rings (SSSR count). The third-order valence-corrected chi connectivity index (χ3v) is 9.42. The summed E-state index contributed by atoms with van der Waals surface area (Å²) in [5.74, 6) is -1.03. The van der Waals surface area contributed by atoms with E-state index in [0.29, 0.717) is 0 Å². The van der Waals surface area contributed by atoms with Gasteiger partial charge in [-0.2, -0.15) is 0 Å². The maximum absolute atomic E-state index is 13.4. The van der Waals surface area contributed by atoms with Crippen molar-refractivity contribution in [2.45, 2.75) is 75.4 Å². The summed E-state index contributed by atoms with van der Waals surface area (Å²) in [6.45, 7) is 1.87. The van der Waals surface area contributed by atoms with Crippen molar-refractivity contribution >= 4 is 43.7 Å². The highest BCUT2D eigenvalue weighted by molar-refractivity contribution is 9.10. The molecule has 0 unspecified atom stereocenters.